The zero-order valence-electron chi connectivity index (χ0n) is 12.6. The van der Waals surface area contributed by atoms with Gasteiger partial charge in [-0.25, -0.2) is 8.78 Å². The van der Waals surface area contributed by atoms with Crippen LogP contribution in [0.2, 0.25) is 0 Å². The molecule has 0 bridgehead atoms. The van der Waals surface area contributed by atoms with Crippen LogP contribution < -0.4 is 5.32 Å². The van der Waals surface area contributed by atoms with Crippen molar-refractivity contribution in [3.63, 3.8) is 0 Å². The normalized spacial score (nSPS) is 12.0. The molecule has 0 aromatic heterocycles. The molecule has 0 fully saturated rings. The molecule has 2 aromatic rings. The molecule has 2 aromatic carbocycles. The minimum Gasteiger partial charge on any atom is -0.391 e. The number of rotatable bonds is 7. The van der Waals surface area contributed by atoms with Crippen LogP contribution >= 0.6 is 0 Å². The second kappa shape index (κ2) is 8.39. The minimum atomic E-state index is -0.688. The fraction of sp³-hybridized carbons (Fsp3) is 0.278. The number of benzene rings is 2. The Morgan fingerprint density at radius 1 is 1.13 bits per heavy atom. The molecule has 5 heteroatoms. The number of hydrogen-bond acceptors (Lipinski definition) is 2. The Bertz CT molecular complexity index is 647. The largest absolute Gasteiger partial charge is 0.391 e. The van der Waals surface area contributed by atoms with Gasteiger partial charge in [-0.15, -0.1) is 0 Å². The quantitative estimate of drug-likeness (QED) is 0.824. The SMILES string of the molecule is O=C(CCc1cc(F)ccc1F)NCC(O)Cc1ccccc1. The van der Waals surface area contributed by atoms with Crippen LogP contribution in [-0.4, -0.2) is 23.7 Å². The van der Waals surface area contributed by atoms with Crippen LogP contribution in [0.15, 0.2) is 48.5 Å². The molecule has 0 aliphatic heterocycles. The van der Waals surface area contributed by atoms with E-state index in [1.165, 1.54) is 0 Å². The lowest BCUT2D eigenvalue weighted by atomic mass is 10.1. The van der Waals surface area contributed by atoms with Crippen LogP contribution in [0.1, 0.15) is 17.5 Å². The van der Waals surface area contributed by atoms with Crippen molar-refractivity contribution in [3.05, 3.63) is 71.3 Å². The van der Waals surface area contributed by atoms with E-state index in [2.05, 4.69) is 5.32 Å². The summed E-state index contributed by atoms with van der Waals surface area (Å²) in [6, 6.07) is 12.6. The highest BCUT2D eigenvalue weighted by Gasteiger charge is 2.10. The van der Waals surface area contributed by atoms with E-state index in [1.54, 1.807) is 0 Å². The number of carbonyl (C=O) groups is 1. The van der Waals surface area contributed by atoms with Gasteiger partial charge in [0.15, 0.2) is 0 Å². The lowest BCUT2D eigenvalue weighted by Crippen LogP contribution is -2.33. The maximum absolute atomic E-state index is 13.4. The molecule has 0 saturated carbocycles. The second-order valence-corrected chi connectivity index (χ2v) is 5.38. The molecule has 0 radical (unpaired) electrons. The van der Waals surface area contributed by atoms with Crippen molar-refractivity contribution >= 4 is 5.91 Å². The van der Waals surface area contributed by atoms with Crippen molar-refractivity contribution in [1.29, 1.82) is 0 Å². The molecule has 0 aliphatic carbocycles. The van der Waals surface area contributed by atoms with Crippen molar-refractivity contribution < 1.29 is 18.7 Å². The Kier molecular flexibility index (Phi) is 6.23. The van der Waals surface area contributed by atoms with E-state index in [0.717, 1.165) is 23.8 Å². The molecule has 122 valence electrons. The molecule has 3 nitrogen and oxygen atoms in total. The van der Waals surface area contributed by atoms with Gasteiger partial charge in [0.05, 0.1) is 6.10 Å². The van der Waals surface area contributed by atoms with E-state index in [4.69, 9.17) is 0 Å². The van der Waals surface area contributed by atoms with Crippen LogP contribution in [0.5, 0.6) is 0 Å². The number of carbonyl (C=O) groups excluding carboxylic acids is 1. The van der Waals surface area contributed by atoms with E-state index < -0.39 is 17.7 Å². The highest BCUT2D eigenvalue weighted by atomic mass is 19.1. The summed E-state index contributed by atoms with van der Waals surface area (Å²) in [6.45, 7) is 0.124. The average molecular weight is 319 g/mol. The smallest absolute Gasteiger partial charge is 0.220 e. The molecule has 23 heavy (non-hydrogen) atoms. The van der Waals surface area contributed by atoms with E-state index in [1.807, 2.05) is 30.3 Å². The van der Waals surface area contributed by atoms with Crippen molar-refractivity contribution in [2.24, 2.45) is 0 Å². The summed E-state index contributed by atoms with van der Waals surface area (Å²) in [6.07, 6.45) is -0.0882. The first-order chi connectivity index (χ1) is 11.0. The maximum Gasteiger partial charge on any atom is 0.220 e. The monoisotopic (exact) mass is 319 g/mol. The van der Waals surface area contributed by atoms with Gasteiger partial charge in [0.1, 0.15) is 11.6 Å². The number of aliphatic hydroxyl groups excluding tert-OH is 1. The molecule has 0 saturated heterocycles. The second-order valence-electron chi connectivity index (χ2n) is 5.38. The number of aryl methyl sites for hydroxylation is 1. The van der Waals surface area contributed by atoms with Gasteiger partial charge in [-0.3, -0.25) is 4.79 Å². The average Bonchev–Trinajstić information content (AvgIpc) is 2.54. The third-order valence-electron chi connectivity index (χ3n) is 3.48. The molecule has 0 aliphatic rings. The van der Waals surface area contributed by atoms with E-state index in [9.17, 15) is 18.7 Å². The third-order valence-corrected chi connectivity index (χ3v) is 3.48. The summed E-state index contributed by atoms with van der Waals surface area (Å²) in [5.41, 5.74) is 1.15. The van der Waals surface area contributed by atoms with Crippen LogP contribution in [0.25, 0.3) is 0 Å². The summed E-state index contributed by atoms with van der Waals surface area (Å²) < 4.78 is 26.5. The lowest BCUT2D eigenvalue weighted by Gasteiger charge is -2.12. The Labute approximate surface area is 134 Å². The first kappa shape index (κ1) is 17.1. The standard InChI is InChI=1S/C18H19F2NO2/c19-15-7-8-17(20)14(11-15)6-9-18(23)21-12-16(22)10-13-4-2-1-3-5-13/h1-5,7-8,11,16,22H,6,9-10,12H2,(H,21,23). The molecule has 1 amide bonds. The zero-order chi connectivity index (χ0) is 16.7. The van der Waals surface area contributed by atoms with Gasteiger partial charge in [-0.2, -0.15) is 0 Å². The van der Waals surface area contributed by atoms with Gasteiger partial charge >= 0.3 is 0 Å². The molecule has 1 unspecified atom stereocenters. The molecule has 2 N–H and O–H groups in total. The van der Waals surface area contributed by atoms with Crippen LogP contribution in [0.3, 0.4) is 0 Å². The molecular formula is C18H19F2NO2. The van der Waals surface area contributed by atoms with Crippen LogP contribution in [0, 0.1) is 11.6 Å². The van der Waals surface area contributed by atoms with E-state index in [-0.39, 0.29) is 30.9 Å². The van der Waals surface area contributed by atoms with Crippen molar-refractivity contribution in [3.8, 4) is 0 Å². The predicted octanol–water partition coefficient (Wildman–Crippen LogP) is 2.62. The number of halogens is 2. The minimum absolute atomic E-state index is 0.0401. The number of nitrogens with one attached hydrogen (secondary N) is 1. The molecule has 1 atom stereocenters. The molecule has 0 spiro atoms. The topological polar surface area (TPSA) is 49.3 Å². The first-order valence-corrected chi connectivity index (χ1v) is 7.47. The van der Waals surface area contributed by atoms with Crippen molar-refractivity contribution in [2.45, 2.75) is 25.4 Å². The fourth-order valence-electron chi connectivity index (χ4n) is 2.26. The van der Waals surface area contributed by atoms with E-state index >= 15 is 0 Å². The van der Waals surface area contributed by atoms with Crippen molar-refractivity contribution in [1.82, 2.24) is 5.32 Å². The van der Waals surface area contributed by atoms with Gasteiger partial charge in [-0.1, -0.05) is 30.3 Å². The van der Waals surface area contributed by atoms with Gasteiger partial charge < -0.3 is 10.4 Å². The maximum atomic E-state index is 13.4. The molecule has 0 heterocycles. The summed E-state index contributed by atoms with van der Waals surface area (Å²) >= 11 is 0. The summed E-state index contributed by atoms with van der Waals surface area (Å²) in [4.78, 5) is 11.7. The Morgan fingerprint density at radius 2 is 1.87 bits per heavy atom. The third kappa shape index (κ3) is 5.79. The highest BCUT2D eigenvalue weighted by molar-refractivity contribution is 5.76. The van der Waals surface area contributed by atoms with Crippen LogP contribution in [0.4, 0.5) is 8.78 Å². The van der Waals surface area contributed by atoms with Crippen molar-refractivity contribution in [2.75, 3.05) is 6.54 Å². The van der Waals surface area contributed by atoms with Gasteiger partial charge in [-0.05, 0) is 35.7 Å². The van der Waals surface area contributed by atoms with E-state index in [0.29, 0.717) is 6.42 Å². The molecule has 2 rings (SSSR count). The predicted molar refractivity (Wildman–Crippen MR) is 83.8 cm³/mol. The Morgan fingerprint density at radius 3 is 2.61 bits per heavy atom. The first-order valence-electron chi connectivity index (χ1n) is 7.47. The van der Waals surface area contributed by atoms with Gasteiger partial charge in [0.25, 0.3) is 0 Å². The number of hydrogen-bond donors (Lipinski definition) is 2. The van der Waals surface area contributed by atoms with Gasteiger partial charge in [0, 0.05) is 19.4 Å². The Hall–Kier alpha value is -2.27. The number of aliphatic hydroxyl groups is 1. The van der Waals surface area contributed by atoms with Crippen LogP contribution in [-0.2, 0) is 17.6 Å². The summed E-state index contributed by atoms with van der Waals surface area (Å²) in [5, 5.41) is 12.5. The molecular weight excluding hydrogens is 300 g/mol. The zero-order valence-corrected chi connectivity index (χ0v) is 12.6. The fourth-order valence-corrected chi connectivity index (χ4v) is 2.26. The number of amides is 1. The van der Waals surface area contributed by atoms with Gasteiger partial charge in [0.2, 0.25) is 5.91 Å². The lowest BCUT2D eigenvalue weighted by molar-refractivity contribution is -0.121. The highest BCUT2D eigenvalue weighted by Crippen LogP contribution is 2.11. The summed E-state index contributed by atoms with van der Waals surface area (Å²) in [5.74, 6) is -1.36. The summed E-state index contributed by atoms with van der Waals surface area (Å²) in [7, 11) is 0. The Balaban J connectivity index is 1.73.